The summed E-state index contributed by atoms with van der Waals surface area (Å²) in [7, 11) is 1.18. The lowest BCUT2D eigenvalue weighted by Gasteiger charge is -2.33. The minimum absolute atomic E-state index is 0.108. The zero-order chi connectivity index (χ0) is 21.5. The number of phenolic OH excluding ortho intramolecular Hbond substituents is 1. The molecule has 0 fully saturated rings. The highest BCUT2D eigenvalue weighted by Gasteiger charge is 2.45. The Morgan fingerprint density at radius 1 is 1.10 bits per heavy atom. The maximum absolute atomic E-state index is 12.4. The number of methoxy groups -OCH3 is 1. The number of hydrogen-bond donors (Lipinski definition) is 1. The van der Waals surface area contributed by atoms with E-state index in [0.717, 1.165) is 5.56 Å². The molecule has 0 aliphatic rings. The molecule has 0 aromatic heterocycles. The van der Waals surface area contributed by atoms with Gasteiger partial charge < -0.3 is 19.3 Å². The highest BCUT2D eigenvalue weighted by atomic mass is 16.6. The second-order valence-corrected chi connectivity index (χ2v) is 7.45. The number of hydrogen-bond acceptors (Lipinski definition) is 7. The van der Waals surface area contributed by atoms with Gasteiger partial charge in [0.15, 0.2) is 11.5 Å². The summed E-state index contributed by atoms with van der Waals surface area (Å²) in [6.45, 7) is 5.47. The number of benzene rings is 2. The van der Waals surface area contributed by atoms with Crippen molar-refractivity contribution in [3.63, 3.8) is 0 Å². The average Bonchev–Trinajstić information content (AvgIpc) is 2.66. The highest BCUT2D eigenvalue weighted by molar-refractivity contribution is 5.80. The van der Waals surface area contributed by atoms with Crippen LogP contribution in [0.25, 0.3) is 0 Å². The highest BCUT2D eigenvalue weighted by Crippen LogP contribution is 2.32. The van der Waals surface area contributed by atoms with E-state index in [9.17, 15) is 14.7 Å². The van der Waals surface area contributed by atoms with Crippen LogP contribution in [0.2, 0.25) is 0 Å². The molecule has 2 rings (SSSR count). The summed E-state index contributed by atoms with van der Waals surface area (Å²) in [6, 6.07) is 14.2. The Hall–Kier alpha value is -3.15. The van der Waals surface area contributed by atoms with E-state index in [1.165, 1.54) is 19.3 Å². The summed E-state index contributed by atoms with van der Waals surface area (Å²) in [6.07, 6.45) is 1.27. The van der Waals surface area contributed by atoms with Gasteiger partial charge in [-0.25, -0.2) is 9.59 Å². The maximum Gasteiger partial charge on any atom is 0.362 e. The Kier molecular flexibility index (Phi) is 7.15. The van der Waals surface area contributed by atoms with Crippen LogP contribution in [0, 0.1) is 0 Å². The van der Waals surface area contributed by atoms with Crippen molar-refractivity contribution in [1.82, 2.24) is 0 Å². The molecule has 7 heteroatoms. The molecular weight excluding hydrogens is 374 g/mol. The molecule has 2 aromatic rings. The monoisotopic (exact) mass is 399 g/mol. The van der Waals surface area contributed by atoms with Crippen molar-refractivity contribution in [2.75, 3.05) is 7.11 Å². The number of aromatic hydroxyl groups is 1. The van der Waals surface area contributed by atoms with Crippen molar-refractivity contribution < 1.29 is 28.9 Å². The average molecular weight is 399 g/mol. The molecule has 0 radical (unpaired) electrons. The first-order valence-corrected chi connectivity index (χ1v) is 9.05. The van der Waals surface area contributed by atoms with Crippen LogP contribution in [0.5, 0.6) is 11.5 Å². The number of aliphatic imine (C=N–C) groups is 1. The second-order valence-electron chi connectivity index (χ2n) is 7.45. The van der Waals surface area contributed by atoms with Crippen LogP contribution in [0.4, 0.5) is 0 Å². The van der Waals surface area contributed by atoms with Gasteiger partial charge in [-0.05, 0) is 44.0 Å². The van der Waals surface area contributed by atoms with Crippen molar-refractivity contribution in [2.24, 2.45) is 4.99 Å². The molecule has 2 aromatic carbocycles. The zero-order valence-corrected chi connectivity index (χ0v) is 17.0. The van der Waals surface area contributed by atoms with E-state index in [4.69, 9.17) is 14.2 Å². The standard InChI is InChI=1S/C22H25NO6/c1-21(2,3)29-22(23-15-24,20(26)27-4)13-17-10-11-19(18(25)12-17)28-14-16-8-6-5-7-9-16/h5-12,25H,13-14H2,1-4H3/t22-/m0/s1. The number of rotatable bonds is 8. The van der Waals surface area contributed by atoms with Gasteiger partial charge in [-0.1, -0.05) is 36.4 Å². The fourth-order valence-electron chi connectivity index (χ4n) is 2.80. The van der Waals surface area contributed by atoms with Crippen molar-refractivity contribution >= 4 is 12.0 Å². The third-order valence-corrected chi connectivity index (χ3v) is 3.91. The molecule has 29 heavy (non-hydrogen) atoms. The number of phenols is 1. The molecule has 1 N–H and O–H groups in total. The summed E-state index contributed by atoms with van der Waals surface area (Å²) < 4.78 is 16.2. The summed E-state index contributed by atoms with van der Waals surface area (Å²) in [5.74, 6) is -0.653. The normalized spacial score (nSPS) is 13.1. The molecule has 7 nitrogen and oxygen atoms in total. The Morgan fingerprint density at radius 3 is 2.34 bits per heavy atom. The summed E-state index contributed by atoms with van der Waals surface area (Å²) >= 11 is 0. The van der Waals surface area contributed by atoms with Crippen LogP contribution in [-0.4, -0.2) is 35.6 Å². The van der Waals surface area contributed by atoms with E-state index in [1.807, 2.05) is 30.3 Å². The van der Waals surface area contributed by atoms with Gasteiger partial charge in [0.25, 0.3) is 5.72 Å². The van der Waals surface area contributed by atoms with Crippen molar-refractivity contribution in [3.05, 3.63) is 59.7 Å². The van der Waals surface area contributed by atoms with E-state index in [2.05, 4.69) is 4.99 Å². The molecule has 0 saturated carbocycles. The van der Waals surface area contributed by atoms with Crippen LogP contribution >= 0.6 is 0 Å². The lowest BCUT2D eigenvalue weighted by atomic mass is 10.0. The number of carbonyl (C=O) groups excluding carboxylic acids is 2. The van der Waals surface area contributed by atoms with Gasteiger partial charge in [0, 0.05) is 6.42 Å². The predicted octanol–water partition coefficient (Wildman–Crippen LogP) is 3.53. The molecule has 0 unspecified atom stereocenters. The molecule has 1 atom stereocenters. The summed E-state index contributed by atoms with van der Waals surface area (Å²) in [5.41, 5.74) is -1.24. The number of nitrogens with zero attached hydrogens (tertiary/aromatic N) is 1. The smallest absolute Gasteiger partial charge is 0.362 e. The van der Waals surface area contributed by atoms with Gasteiger partial charge in [0.05, 0.1) is 12.7 Å². The van der Waals surface area contributed by atoms with Crippen LogP contribution in [0.3, 0.4) is 0 Å². The van der Waals surface area contributed by atoms with E-state index in [-0.39, 0.29) is 17.9 Å². The predicted molar refractivity (Wildman–Crippen MR) is 106 cm³/mol. The minimum atomic E-state index is -1.91. The Bertz CT molecular complexity index is 884. The minimum Gasteiger partial charge on any atom is -0.504 e. The van der Waals surface area contributed by atoms with E-state index < -0.39 is 17.3 Å². The fraction of sp³-hybridized carbons (Fsp3) is 0.364. The largest absolute Gasteiger partial charge is 0.504 e. The summed E-state index contributed by atoms with van der Waals surface area (Å²) in [4.78, 5) is 27.0. The van der Waals surface area contributed by atoms with Crippen LogP contribution < -0.4 is 4.74 Å². The first-order valence-electron chi connectivity index (χ1n) is 9.05. The van der Waals surface area contributed by atoms with E-state index in [0.29, 0.717) is 12.2 Å². The third-order valence-electron chi connectivity index (χ3n) is 3.91. The first kappa shape index (κ1) is 22.1. The number of carbonyl (C=O) groups is 1. The number of esters is 1. The topological polar surface area (TPSA) is 94.4 Å². The van der Waals surface area contributed by atoms with Crippen LogP contribution in [0.15, 0.2) is 53.5 Å². The molecule has 0 spiro atoms. The first-order chi connectivity index (χ1) is 13.7. The molecule has 0 saturated heterocycles. The lowest BCUT2D eigenvalue weighted by molar-refractivity contribution is -0.186. The van der Waals surface area contributed by atoms with Gasteiger partial charge in [-0.15, -0.1) is 0 Å². The zero-order valence-electron chi connectivity index (χ0n) is 17.0. The SMILES string of the molecule is COC(=O)[C@@](Cc1ccc(OCc2ccccc2)c(O)c1)(N=C=O)OC(C)(C)C. The van der Waals surface area contributed by atoms with Gasteiger partial charge >= 0.3 is 5.97 Å². The molecule has 0 heterocycles. The quantitative estimate of drug-likeness (QED) is 0.415. The number of ether oxygens (including phenoxy) is 3. The maximum atomic E-state index is 12.4. The fourth-order valence-corrected chi connectivity index (χ4v) is 2.80. The van der Waals surface area contributed by atoms with E-state index >= 15 is 0 Å². The Balaban J connectivity index is 2.26. The molecule has 0 amide bonds. The molecule has 0 bridgehead atoms. The Morgan fingerprint density at radius 2 is 1.79 bits per heavy atom. The summed E-state index contributed by atoms with van der Waals surface area (Å²) in [5, 5.41) is 10.3. The molecular formula is C22H25NO6. The van der Waals surface area contributed by atoms with Crippen molar-refractivity contribution in [3.8, 4) is 11.5 Å². The van der Waals surface area contributed by atoms with Crippen molar-refractivity contribution in [2.45, 2.75) is 45.1 Å². The Labute approximate surface area is 169 Å². The second kappa shape index (κ2) is 9.37. The molecule has 0 aliphatic heterocycles. The van der Waals surface area contributed by atoms with Gasteiger partial charge in [-0.3, -0.25) is 0 Å². The van der Waals surface area contributed by atoms with Crippen molar-refractivity contribution in [1.29, 1.82) is 0 Å². The van der Waals surface area contributed by atoms with Crippen LogP contribution in [0.1, 0.15) is 31.9 Å². The van der Waals surface area contributed by atoms with Gasteiger partial charge in [-0.2, -0.15) is 4.99 Å². The molecule has 0 aliphatic carbocycles. The molecule has 154 valence electrons. The van der Waals surface area contributed by atoms with Gasteiger partial charge in [0.2, 0.25) is 6.08 Å². The lowest BCUT2D eigenvalue weighted by Crippen LogP contribution is -2.47. The number of isocyanates is 1. The van der Waals surface area contributed by atoms with E-state index in [1.54, 1.807) is 32.9 Å². The van der Waals surface area contributed by atoms with Gasteiger partial charge in [0.1, 0.15) is 6.61 Å². The third kappa shape index (κ3) is 6.17. The van der Waals surface area contributed by atoms with Crippen LogP contribution in [-0.2, 0) is 32.1 Å².